The van der Waals surface area contributed by atoms with Crippen LogP contribution in [0.4, 0.5) is 38.0 Å². The number of hydrogen-bond donors (Lipinski definition) is 2. The summed E-state index contributed by atoms with van der Waals surface area (Å²) >= 11 is 0. The number of carboxylic acid groups (broad SMARTS) is 1. The number of nitrogens with zero attached hydrogens (tertiary/aromatic N) is 5. The first kappa shape index (κ1) is 22.8. The molecule has 2 N–H and O–H groups in total. The number of alkyl halides is 6. The predicted octanol–water partition coefficient (Wildman–Crippen LogP) is 4.96. The van der Waals surface area contributed by atoms with Crippen LogP contribution in [0.3, 0.4) is 0 Å². The number of rotatable bonds is 4. The highest BCUT2D eigenvalue weighted by atomic mass is 19.4. The van der Waals surface area contributed by atoms with Gasteiger partial charge in [-0.1, -0.05) is 0 Å². The lowest BCUT2D eigenvalue weighted by Crippen LogP contribution is -2.12. The molecule has 0 aliphatic rings. The van der Waals surface area contributed by atoms with Gasteiger partial charge in [0.15, 0.2) is 5.65 Å². The van der Waals surface area contributed by atoms with Crippen LogP contribution in [0.1, 0.15) is 21.5 Å². The topological polar surface area (TPSA) is 114 Å². The van der Waals surface area contributed by atoms with E-state index in [-0.39, 0.29) is 23.0 Å². The molecule has 4 heterocycles. The number of anilines is 2. The first-order valence-electron chi connectivity index (χ1n) is 9.16. The van der Waals surface area contributed by atoms with Gasteiger partial charge in [0, 0.05) is 30.2 Å². The molecule has 0 radical (unpaired) electrons. The van der Waals surface area contributed by atoms with Gasteiger partial charge in [-0.3, -0.25) is 4.98 Å². The standard InChI is InChI=1S/C20H10F6N6O2/c21-19(22,23)10-7-29-18(30-8-10)32-13-3-4-27-16-11(13)1-2-14(31-16)15-12(20(24,25)26)5-9(6-28-15)17(33)34/h1-8H,(H,33,34)(H,27,29,30,31,32). The third kappa shape index (κ3) is 4.55. The molecule has 0 unspecified atom stereocenters. The summed E-state index contributed by atoms with van der Waals surface area (Å²) < 4.78 is 78.6. The molecular formula is C20H10F6N6O2. The summed E-state index contributed by atoms with van der Waals surface area (Å²) in [5.41, 5.74) is -3.49. The minimum Gasteiger partial charge on any atom is -0.478 e. The molecule has 0 aromatic carbocycles. The van der Waals surface area contributed by atoms with E-state index in [4.69, 9.17) is 5.11 Å². The number of pyridine rings is 3. The Labute approximate surface area is 185 Å². The van der Waals surface area contributed by atoms with Gasteiger partial charge in [-0.15, -0.1) is 0 Å². The van der Waals surface area contributed by atoms with Gasteiger partial charge in [0.25, 0.3) is 0 Å². The fraction of sp³-hybridized carbons (Fsp3) is 0.100. The van der Waals surface area contributed by atoms with Crippen molar-refractivity contribution in [1.29, 1.82) is 0 Å². The Morgan fingerprint density at radius 2 is 1.59 bits per heavy atom. The lowest BCUT2D eigenvalue weighted by Gasteiger charge is -2.13. The fourth-order valence-electron chi connectivity index (χ4n) is 2.93. The molecule has 0 amide bonds. The molecular weight excluding hydrogens is 470 g/mol. The molecule has 0 saturated carbocycles. The van der Waals surface area contributed by atoms with Crippen LogP contribution < -0.4 is 5.32 Å². The normalized spacial score (nSPS) is 12.1. The molecule has 4 rings (SSSR count). The van der Waals surface area contributed by atoms with E-state index >= 15 is 0 Å². The smallest absolute Gasteiger partial charge is 0.419 e. The van der Waals surface area contributed by atoms with E-state index in [2.05, 4.69) is 30.2 Å². The first-order chi connectivity index (χ1) is 15.9. The van der Waals surface area contributed by atoms with Crippen LogP contribution in [0.15, 0.2) is 49.1 Å². The molecule has 0 bridgehead atoms. The third-order valence-electron chi connectivity index (χ3n) is 4.51. The maximum Gasteiger partial charge on any atom is 0.419 e. The second-order valence-electron chi connectivity index (χ2n) is 6.77. The van der Waals surface area contributed by atoms with E-state index < -0.39 is 40.7 Å². The molecule has 0 saturated heterocycles. The Hall–Kier alpha value is -4.36. The van der Waals surface area contributed by atoms with Crippen molar-refractivity contribution in [3.63, 3.8) is 0 Å². The first-order valence-corrected chi connectivity index (χ1v) is 9.16. The number of carboxylic acids is 1. The number of aromatic carboxylic acids is 1. The second kappa shape index (κ2) is 8.20. The van der Waals surface area contributed by atoms with E-state index in [1.54, 1.807) is 0 Å². The van der Waals surface area contributed by atoms with Gasteiger partial charge >= 0.3 is 18.3 Å². The summed E-state index contributed by atoms with van der Waals surface area (Å²) in [6.45, 7) is 0. The molecule has 0 spiro atoms. The molecule has 34 heavy (non-hydrogen) atoms. The summed E-state index contributed by atoms with van der Waals surface area (Å²) in [5.74, 6) is -1.73. The van der Waals surface area contributed by atoms with Crippen molar-refractivity contribution in [3.8, 4) is 11.4 Å². The van der Waals surface area contributed by atoms with E-state index in [0.717, 1.165) is 6.20 Å². The zero-order chi connectivity index (χ0) is 24.7. The van der Waals surface area contributed by atoms with Crippen molar-refractivity contribution in [3.05, 3.63) is 65.7 Å². The van der Waals surface area contributed by atoms with Crippen molar-refractivity contribution in [1.82, 2.24) is 24.9 Å². The van der Waals surface area contributed by atoms with Crippen molar-refractivity contribution in [2.45, 2.75) is 12.4 Å². The molecule has 0 aliphatic heterocycles. The molecule has 0 aliphatic carbocycles. The molecule has 8 nitrogen and oxygen atoms in total. The van der Waals surface area contributed by atoms with Crippen LogP contribution in [-0.4, -0.2) is 36.0 Å². The van der Waals surface area contributed by atoms with Gasteiger partial charge in [0.05, 0.1) is 28.1 Å². The number of hydrogen-bond acceptors (Lipinski definition) is 7. The van der Waals surface area contributed by atoms with Gasteiger partial charge in [0.2, 0.25) is 5.95 Å². The van der Waals surface area contributed by atoms with E-state index in [1.807, 2.05) is 0 Å². The van der Waals surface area contributed by atoms with Gasteiger partial charge in [0.1, 0.15) is 5.69 Å². The number of aromatic nitrogens is 5. The number of halogens is 6. The Morgan fingerprint density at radius 1 is 0.882 bits per heavy atom. The number of carbonyl (C=O) groups is 1. The summed E-state index contributed by atoms with van der Waals surface area (Å²) in [5, 5.41) is 12.0. The van der Waals surface area contributed by atoms with Gasteiger partial charge in [-0.05, 0) is 24.3 Å². The van der Waals surface area contributed by atoms with Crippen molar-refractivity contribution < 1.29 is 36.2 Å². The Bertz CT molecular complexity index is 1390. The minimum absolute atomic E-state index is 0.00773. The molecule has 14 heteroatoms. The molecule has 0 atom stereocenters. The molecule has 4 aromatic rings. The lowest BCUT2D eigenvalue weighted by molar-refractivity contribution is -0.138. The minimum atomic E-state index is -4.90. The average molecular weight is 480 g/mol. The Balaban J connectivity index is 1.73. The highest BCUT2D eigenvalue weighted by Crippen LogP contribution is 2.37. The van der Waals surface area contributed by atoms with Gasteiger partial charge in [-0.2, -0.15) is 26.3 Å². The number of fused-ring (bicyclic) bond motifs is 1. The van der Waals surface area contributed by atoms with Crippen molar-refractivity contribution >= 4 is 28.6 Å². The van der Waals surface area contributed by atoms with Crippen LogP contribution >= 0.6 is 0 Å². The Morgan fingerprint density at radius 3 is 2.21 bits per heavy atom. The average Bonchev–Trinajstić information content (AvgIpc) is 2.77. The molecule has 0 fully saturated rings. The zero-order valence-electron chi connectivity index (χ0n) is 16.5. The predicted molar refractivity (Wildman–Crippen MR) is 105 cm³/mol. The fourth-order valence-corrected chi connectivity index (χ4v) is 2.93. The maximum atomic E-state index is 13.5. The third-order valence-corrected chi connectivity index (χ3v) is 4.51. The summed E-state index contributed by atoms with van der Waals surface area (Å²) in [6.07, 6.45) is -6.25. The second-order valence-corrected chi connectivity index (χ2v) is 6.77. The van der Waals surface area contributed by atoms with Crippen LogP contribution in [0, 0.1) is 0 Å². The van der Waals surface area contributed by atoms with Crippen LogP contribution in [-0.2, 0) is 12.4 Å². The quantitative estimate of drug-likeness (QED) is 0.394. The van der Waals surface area contributed by atoms with Gasteiger partial charge in [-0.25, -0.2) is 24.7 Å². The molecule has 174 valence electrons. The Kier molecular flexibility index (Phi) is 5.51. The zero-order valence-corrected chi connectivity index (χ0v) is 16.5. The highest BCUT2D eigenvalue weighted by Gasteiger charge is 2.36. The monoisotopic (exact) mass is 480 g/mol. The molecule has 4 aromatic heterocycles. The summed E-state index contributed by atoms with van der Waals surface area (Å²) in [4.78, 5) is 30.0. The van der Waals surface area contributed by atoms with Gasteiger partial charge < -0.3 is 10.4 Å². The van der Waals surface area contributed by atoms with Crippen molar-refractivity contribution in [2.24, 2.45) is 0 Å². The van der Waals surface area contributed by atoms with E-state index in [9.17, 15) is 31.1 Å². The summed E-state index contributed by atoms with van der Waals surface area (Å²) in [7, 11) is 0. The van der Waals surface area contributed by atoms with Crippen molar-refractivity contribution in [2.75, 3.05) is 5.32 Å². The lowest BCUT2D eigenvalue weighted by atomic mass is 10.1. The highest BCUT2D eigenvalue weighted by molar-refractivity contribution is 5.92. The van der Waals surface area contributed by atoms with E-state index in [1.165, 1.54) is 24.4 Å². The SMILES string of the molecule is O=C(O)c1cnc(-c2ccc3c(Nc4ncc(C(F)(F)F)cn4)ccnc3n2)c(C(F)(F)F)c1. The maximum absolute atomic E-state index is 13.5. The number of nitrogens with one attached hydrogen (secondary N) is 1. The van der Waals surface area contributed by atoms with Crippen LogP contribution in [0.5, 0.6) is 0 Å². The van der Waals surface area contributed by atoms with Crippen LogP contribution in [0.2, 0.25) is 0 Å². The van der Waals surface area contributed by atoms with Crippen LogP contribution in [0.25, 0.3) is 22.4 Å². The largest absolute Gasteiger partial charge is 0.478 e. The summed E-state index contributed by atoms with van der Waals surface area (Å²) in [6, 6.07) is 4.51. The van der Waals surface area contributed by atoms with E-state index in [0.29, 0.717) is 23.8 Å².